The predicted molar refractivity (Wildman–Crippen MR) is 116 cm³/mol. The summed E-state index contributed by atoms with van der Waals surface area (Å²) in [6.07, 6.45) is 4.13. The smallest absolute Gasteiger partial charge is 0.230 e. The molecule has 0 aromatic heterocycles. The Hall–Kier alpha value is -2.08. The summed E-state index contributed by atoms with van der Waals surface area (Å²) in [5.74, 6) is 0.967. The molecule has 28 heavy (non-hydrogen) atoms. The van der Waals surface area contributed by atoms with Crippen LogP contribution in [-0.4, -0.2) is 62.9 Å². The number of guanidine groups is 1. The van der Waals surface area contributed by atoms with Crippen LogP contribution in [0.25, 0.3) is 0 Å². The van der Waals surface area contributed by atoms with Crippen molar-refractivity contribution in [1.29, 1.82) is 0 Å². The maximum Gasteiger partial charge on any atom is 0.230 e. The van der Waals surface area contributed by atoms with Crippen molar-refractivity contribution >= 4 is 11.9 Å². The molecule has 2 rings (SSSR count). The maximum atomic E-state index is 12.7. The fourth-order valence-electron chi connectivity index (χ4n) is 3.91. The van der Waals surface area contributed by atoms with Gasteiger partial charge in [-0.3, -0.25) is 9.79 Å². The van der Waals surface area contributed by atoms with E-state index in [0.717, 1.165) is 44.7 Å². The third kappa shape index (κ3) is 5.96. The average Bonchev–Trinajstić information content (AvgIpc) is 3.17. The zero-order valence-electron chi connectivity index (χ0n) is 18.2. The van der Waals surface area contributed by atoms with Crippen molar-refractivity contribution in [2.24, 2.45) is 10.4 Å². The number of amides is 1. The van der Waals surface area contributed by atoms with E-state index < -0.39 is 0 Å². The number of benzene rings is 1. The van der Waals surface area contributed by atoms with Gasteiger partial charge in [0, 0.05) is 40.8 Å². The van der Waals surface area contributed by atoms with Gasteiger partial charge in [-0.2, -0.15) is 0 Å². The van der Waals surface area contributed by atoms with Gasteiger partial charge in [-0.25, -0.2) is 0 Å². The van der Waals surface area contributed by atoms with Crippen molar-refractivity contribution < 1.29 is 4.79 Å². The molecule has 0 radical (unpaired) electrons. The van der Waals surface area contributed by atoms with Crippen LogP contribution in [-0.2, 0) is 17.9 Å². The number of hydrogen-bond donors (Lipinski definition) is 2. The molecule has 0 saturated heterocycles. The van der Waals surface area contributed by atoms with Crippen LogP contribution in [0.4, 0.5) is 0 Å². The molecule has 0 unspecified atom stereocenters. The summed E-state index contributed by atoms with van der Waals surface area (Å²) in [5.41, 5.74) is 2.24. The first kappa shape index (κ1) is 22.2. The van der Waals surface area contributed by atoms with E-state index in [4.69, 9.17) is 0 Å². The summed E-state index contributed by atoms with van der Waals surface area (Å²) in [7, 11) is 7.60. The van der Waals surface area contributed by atoms with E-state index in [-0.39, 0.29) is 11.3 Å². The zero-order chi connectivity index (χ0) is 20.6. The Kier molecular flexibility index (Phi) is 8.30. The lowest BCUT2D eigenvalue weighted by atomic mass is 9.84. The monoisotopic (exact) mass is 387 g/mol. The fraction of sp³-hybridized carbons (Fsp3) is 0.636. The van der Waals surface area contributed by atoms with Crippen LogP contribution in [0.1, 0.15) is 43.7 Å². The van der Waals surface area contributed by atoms with Crippen molar-refractivity contribution in [2.45, 2.75) is 45.7 Å². The van der Waals surface area contributed by atoms with Gasteiger partial charge in [-0.05, 0) is 37.6 Å². The minimum Gasteiger partial charge on any atom is -0.355 e. The second-order valence-electron chi connectivity index (χ2n) is 8.12. The lowest BCUT2D eigenvalue weighted by Gasteiger charge is -2.31. The number of rotatable bonds is 8. The number of carbonyl (C=O) groups excluding carboxylic acids is 1. The largest absolute Gasteiger partial charge is 0.355 e. The lowest BCUT2D eigenvalue weighted by Crippen LogP contribution is -2.49. The molecule has 1 amide bonds. The van der Waals surface area contributed by atoms with E-state index in [1.165, 1.54) is 11.1 Å². The third-order valence-corrected chi connectivity index (χ3v) is 5.68. The summed E-state index contributed by atoms with van der Waals surface area (Å²) in [5, 5.41) is 6.79. The minimum absolute atomic E-state index is 0.223. The van der Waals surface area contributed by atoms with E-state index >= 15 is 0 Å². The van der Waals surface area contributed by atoms with Crippen molar-refractivity contribution in [2.75, 3.05) is 41.3 Å². The van der Waals surface area contributed by atoms with Crippen LogP contribution < -0.4 is 10.6 Å². The highest BCUT2D eigenvalue weighted by molar-refractivity contribution is 5.85. The molecule has 1 fully saturated rings. The van der Waals surface area contributed by atoms with Gasteiger partial charge in [0.25, 0.3) is 0 Å². The summed E-state index contributed by atoms with van der Waals surface area (Å²) in [4.78, 5) is 21.1. The highest BCUT2D eigenvalue weighted by Gasteiger charge is 2.42. The van der Waals surface area contributed by atoms with Crippen LogP contribution >= 0.6 is 0 Å². The van der Waals surface area contributed by atoms with Crippen molar-refractivity contribution in [3.63, 3.8) is 0 Å². The van der Waals surface area contributed by atoms with Crippen LogP contribution in [0.15, 0.2) is 29.3 Å². The molecular formula is C22H37N5O. The Morgan fingerprint density at radius 3 is 2.43 bits per heavy atom. The minimum atomic E-state index is -0.300. The number of nitrogens with one attached hydrogen (secondary N) is 2. The second kappa shape index (κ2) is 10.5. The van der Waals surface area contributed by atoms with Crippen molar-refractivity contribution in [3.8, 4) is 0 Å². The van der Waals surface area contributed by atoms with Crippen LogP contribution in [0.5, 0.6) is 0 Å². The van der Waals surface area contributed by atoms with Gasteiger partial charge in [0.05, 0.1) is 5.41 Å². The number of aliphatic imine (C=N–C) groups is 1. The molecular weight excluding hydrogens is 350 g/mol. The van der Waals surface area contributed by atoms with Crippen molar-refractivity contribution in [1.82, 2.24) is 20.4 Å². The number of hydrogen-bond acceptors (Lipinski definition) is 3. The Balaban J connectivity index is 1.92. The van der Waals surface area contributed by atoms with E-state index in [2.05, 4.69) is 58.8 Å². The topological polar surface area (TPSA) is 60.0 Å². The molecule has 0 heterocycles. The molecule has 1 saturated carbocycles. The van der Waals surface area contributed by atoms with Crippen LogP contribution in [0.2, 0.25) is 0 Å². The molecule has 6 heteroatoms. The number of nitrogens with zero attached hydrogens (tertiary/aromatic N) is 3. The van der Waals surface area contributed by atoms with Gasteiger partial charge >= 0.3 is 0 Å². The predicted octanol–water partition coefficient (Wildman–Crippen LogP) is 2.45. The number of carbonyl (C=O) groups is 1. The van der Waals surface area contributed by atoms with Gasteiger partial charge < -0.3 is 20.4 Å². The average molecular weight is 388 g/mol. The van der Waals surface area contributed by atoms with E-state index in [0.29, 0.717) is 13.1 Å². The van der Waals surface area contributed by atoms with Gasteiger partial charge in [-0.1, -0.05) is 44.0 Å². The lowest BCUT2D eigenvalue weighted by molar-refractivity contribution is -0.138. The Labute approximate surface area is 170 Å². The zero-order valence-corrected chi connectivity index (χ0v) is 18.2. The molecule has 1 aliphatic rings. The quantitative estimate of drug-likeness (QED) is 0.531. The molecule has 0 bridgehead atoms. The molecule has 0 spiro atoms. The van der Waals surface area contributed by atoms with Gasteiger partial charge in [0.1, 0.15) is 0 Å². The molecule has 0 aliphatic heterocycles. The Morgan fingerprint density at radius 1 is 1.14 bits per heavy atom. The summed E-state index contributed by atoms with van der Waals surface area (Å²) < 4.78 is 0. The Morgan fingerprint density at radius 2 is 1.82 bits per heavy atom. The first-order valence-corrected chi connectivity index (χ1v) is 10.3. The van der Waals surface area contributed by atoms with Crippen molar-refractivity contribution in [3.05, 3.63) is 35.4 Å². The second-order valence-corrected chi connectivity index (χ2v) is 8.12. The first-order chi connectivity index (χ1) is 13.4. The highest BCUT2D eigenvalue weighted by atomic mass is 16.2. The summed E-state index contributed by atoms with van der Waals surface area (Å²) in [6, 6.07) is 8.64. The fourth-order valence-corrected chi connectivity index (χ4v) is 3.91. The molecule has 1 aliphatic carbocycles. The first-order valence-electron chi connectivity index (χ1n) is 10.3. The SMILES string of the molecule is CCN(C)Cc1cccc(CNC(=NC)NCC2(C(=O)N(C)C)CCCC2)c1. The van der Waals surface area contributed by atoms with Gasteiger partial charge in [-0.15, -0.1) is 0 Å². The van der Waals surface area contributed by atoms with Crippen LogP contribution in [0, 0.1) is 5.41 Å². The van der Waals surface area contributed by atoms with Gasteiger partial charge in [0.2, 0.25) is 5.91 Å². The molecule has 1 aromatic rings. The maximum absolute atomic E-state index is 12.7. The highest BCUT2D eigenvalue weighted by Crippen LogP contribution is 2.38. The van der Waals surface area contributed by atoms with Crippen LogP contribution in [0.3, 0.4) is 0 Å². The molecule has 6 nitrogen and oxygen atoms in total. The summed E-state index contributed by atoms with van der Waals surface area (Å²) in [6.45, 7) is 5.49. The Bertz CT molecular complexity index is 665. The normalized spacial score (nSPS) is 16.3. The van der Waals surface area contributed by atoms with E-state index in [1.807, 2.05) is 14.1 Å². The van der Waals surface area contributed by atoms with Gasteiger partial charge in [0.15, 0.2) is 5.96 Å². The molecule has 2 N–H and O–H groups in total. The molecule has 1 aromatic carbocycles. The standard InChI is InChI=1S/C22H37N5O/c1-6-27(5)16-19-11-9-10-18(14-19)15-24-21(23-2)25-17-22(12-7-8-13-22)20(28)26(3)4/h9-11,14H,6-8,12-13,15-17H2,1-5H3,(H2,23,24,25). The third-order valence-electron chi connectivity index (χ3n) is 5.68. The molecule has 156 valence electrons. The van der Waals surface area contributed by atoms with E-state index in [1.54, 1.807) is 11.9 Å². The summed E-state index contributed by atoms with van der Waals surface area (Å²) >= 11 is 0. The molecule has 0 atom stereocenters. The van der Waals surface area contributed by atoms with E-state index in [9.17, 15) is 4.79 Å².